The summed E-state index contributed by atoms with van der Waals surface area (Å²) in [4.78, 5) is 15.0. The second kappa shape index (κ2) is 8.50. The number of sulfonamides is 1. The Hall–Kier alpha value is -1.11. The predicted molar refractivity (Wildman–Crippen MR) is 108 cm³/mol. The molecule has 0 spiro atoms. The molecule has 1 aromatic carbocycles. The van der Waals surface area contributed by atoms with Crippen LogP contribution in [0.3, 0.4) is 0 Å². The van der Waals surface area contributed by atoms with Crippen molar-refractivity contribution in [3.05, 3.63) is 28.8 Å². The first-order chi connectivity index (χ1) is 12.9. The lowest BCUT2D eigenvalue weighted by Crippen LogP contribution is -2.44. The minimum absolute atomic E-state index is 0.0197. The largest absolute Gasteiger partial charge is 0.338 e. The van der Waals surface area contributed by atoms with Crippen molar-refractivity contribution in [2.45, 2.75) is 50.8 Å². The molecule has 1 aliphatic heterocycles. The van der Waals surface area contributed by atoms with Crippen LogP contribution in [0, 0.1) is 11.8 Å². The van der Waals surface area contributed by atoms with E-state index in [0.717, 1.165) is 25.4 Å². The number of hydrogen-bond donors (Lipinski definition) is 0. The molecule has 27 heavy (non-hydrogen) atoms. The molecule has 1 aromatic rings. The number of hydrogen-bond acceptors (Lipinski definition) is 3. The molecule has 1 saturated carbocycles. The third kappa shape index (κ3) is 4.17. The first-order valence-electron chi connectivity index (χ1n) is 9.97. The average Bonchev–Trinajstić information content (AvgIpc) is 2.68. The van der Waals surface area contributed by atoms with Gasteiger partial charge in [0.2, 0.25) is 10.0 Å². The Bertz CT molecular complexity index is 792. The molecule has 0 N–H and O–H groups in total. The maximum atomic E-state index is 13.0. The number of piperidine rings is 1. The molecule has 2 aliphatic rings. The minimum atomic E-state index is -3.71. The Labute approximate surface area is 167 Å². The zero-order valence-electron chi connectivity index (χ0n) is 16.2. The summed E-state index contributed by atoms with van der Waals surface area (Å²) in [6.45, 7) is 5.84. The van der Waals surface area contributed by atoms with Gasteiger partial charge in [-0.25, -0.2) is 8.42 Å². The Kier molecular flexibility index (Phi) is 6.49. The molecule has 0 bridgehead atoms. The van der Waals surface area contributed by atoms with Gasteiger partial charge in [-0.15, -0.1) is 0 Å². The number of carbonyl (C=O) groups is 1. The van der Waals surface area contributed by atoms with E-state index in [-0.39, 0.29) is 15.8 Å². The predicted octanol–water partition coefficient (Wildman–Crippen LogP) is 4.02. The number of rotatable bonds is 5. The molecule has 2 atom stereocenters. The molecule has 0 unspecified atom stereocenters. The van der Waals surface area contributed by atoms with E-state index in [2.05, 4.69) is 0 Å². The van der Waals surface area contributed by atoms with Gasteiger partial charge in [0.05, 0.1) is 5.02 Å². The van der Waals surface area contributed by atoms with Gasteiger partial charge in [0.25, 0.3) is 5.91 Å². The fourth-order valence-corrected chi connectivity index (χ4v) is 6.46. The molecule has 2 fully saturated rings. The SMILES string of the molecule is CCN(CC)S(=O)(=O)c1cc(C(=O)N2CC[C@@H]3CCCC[C@@H]3C2)ccc1Cl. The van der Waals surface area contributed by atoms with Gasteiger partial charge in [-0.1, -0.05) is 44.7 Å². The maximum Gasteiger partial charge on any atom is 0.253 e. The highest BCUT2D eigenvalue weighted by molar-refractivity contribution is 7.89. The highest BCUT2D eigenvalue weighted by Crippen LogP contribution is 2.36. The van der Waals surface area contributed by atoms with Gasteiger partial charge in [0, 0.05) is 31.7 Å². The first kappa shape index (κ1) is 20.6. The summed E-state index contributed by atoms with van der Waals surface area (Å²) in [6, 6.07) is 4.61. The van der Waals surface area contributed by atoms with E-state index in [0.29, 0.717) is 24.6 Å². The van der Waals surface area contributed by atoms with Crippen LogP contribution >= 0.6 is 11.6 Å². The molecule has 5 nitrogen and oxygen atoms in total. The lowest BCUT2D eigenvalue weighted by atomic mass is 9.75. The molecule has 1 aliphatic carbocycles. The molecular formula is C20H29ClN2O3S. The third-order valence-electron chi connectivity index (χ3n) is 6.08. The van der Waals surface area contributed by atoms with Gasteiger partial charge in [-0.05, 0) is 42.9 Å². The lowest BCUT2D eigenvalue weighted by molar-refractivity contribution is 0.0520. The van der Waals surface area contributed by atoms with Gasteiger partial charge in [-0.3, -0.25) is 4.79 Å². The summed E-state index contributed by atoms with van der Waals surface area (Å²) in [7, 11) is -3.71. The van der Waals surface area contributed by atoms with Gasteiger partial charge < -0.3 is 4.90 Å². The van der Waals surface area contributed by atoms with E-state index < -0.39 is 10.0 Å². The quantitative estimate of drug-likeness (QED) is 0.733. The molecule has 7 heteroatoms. The molecular weight excluding hydrogens is 384 g/mol. The maximum absolute atomic E-state index is 13.0. The second-order valence-corrected chi connectivity index (χ2v) is 9.89. The summed E-state index contributed by atoms with van der Waals surface area (Å²) < 4.78 is 27.1. The van der Waals surface area contributed by atoms with Crippen molar-refractivity contribution in [2.75, 3.05) is 26.2 Å². The van der Waals surface area contributed by atoms with Crippen LogP contribution in [0.15, 0.2) is 23.1 Å². The Morgan fingerprint density at radius 2 is 1.81 bits per heavy atom. The molecule has 150 valence electrons. The fourth-order valence-electron chi connectivity index (χ4n) is 4.50. The summed E-state index contributed by atoms with van der Waals surface area (Å²) in [5.41, 5.74) is 0.402. The molecule has 3 rings (SSSR count). The van der Waals surface area contributed by atoms with Crippen molar-refractivity contribution in [3.63, 3.8) is 0 Å². The van der Waals surface area contributed by atoms with Crippen molar-refractivity contribution in [3.8, 4) is 0 Å². The highest BCUT2D eigenvalue weighted by atomic mass is 35.5. The molecule has 0 aromatic heterocycles. The van der Waals surface area contributed by atoms with Crippen molar-refractivity contribution >= 4 is 27.5 Å². The van der Waals surface area contributed by atoms with Gasteiger partial charge >= 0.3 is 0 Å². The van der Waals surface area contributed by atoms with Crippen molar-refractivity contribution in [1.82, 2.24) is 9.21 Å². The van der Waals surface area contributed by atoms with Crippen LogP contribution < -0.4 is 0 Å². The summed E-state index contributed by atoms with van der Waals surface area (Å²) in [5, 5.41) is 0.157. The van der Waals surface area contributed by atoms with Gasteiger partial charge in [0.15, 0.2) is 0 Å². The number of halogens is 1. The summed E-state index contributed by atoms with van der Waals surface area (Å²) in [5.74, 6) is 1.24. The monoisotopic (exact) mass is 412 g/mol. The van der Waals surface area contributed by atoms with Gasteiger partial charge in [-0.2, -0.15) is 4.31 Å². The van der Waals surface area contributed by atoms with E-state index in [1.54, 1.807) is 19.9 Å². The minimum Gasteiger partial charge on any atom is -0.338 e. The zero-order valence-corrected chi connectivity index (χ0v) is 17.7. The molecule has 1 heterocycles. The number of fused-ring (bicyclic) bond motifs is 1. The molecule has 1 saturated heterocycles. The number of benzene rings is 1. The standard InChI is InChI=1S/C20H29ClN2O3S/c1-3-23(4-2)27(25,26)19-13-16(9-10-18(19)21)20(24)22-12-11-15-7-5-6-8-17(15)14-22/h9-10,13,15,17H,3-8,11-12,14H2,1-2H3/t15-,17+/m0/s1. The van der Waals surface area contributed by atoms with Crippen molar-refractivity contribution in [2.24, 2.45) is 11.8 Å². The number of nitrogens with zero attached hydrogens (tertiary/aromatic N) is 2. The van der Waals surface area contributed by atoms with Gasteiger partial charge in [0.1, 0.15) is 4.90 Å². The third-order valence-corrected chi connectivity index (χ3v) is 8.61. The van der Waals surface area contributed by atoms with E-state index >= 15 is 0 Å². The van der Waals surface area contributed by atoms with Crippen LogP contribution in [-0.4, -0.2) is 49.7 Å². The Balaban J connectivity index is 1.84. The zero-order chi connectivity index (χ0) is 19.6. The number of likely N-dealkylation sites (tertiary alicyclic amines) is 1. The topological polar surface area (TPSA) is 57.7 Å². The van der Waals surface area contributed by atoms with Crippen LogP contribution in [0.25, 0.3) is 0 Å². The van der Waals surface area contributed by atoms with E-state index in [9.17, 15) is 13.2 Å². The normalized spacial score (nSPS) is 23.3. The van der Waals surface area contributed by atoms with Crippen molar-refractivity contribution in [1.29, 1.82) is 0 Å². The van der Waals surface area contributed by atoms with E-state index in [1.165, 1.54) is 42.1 Å². The Morgan fingerprint density at radius 1 is 1.15 bits per heavy atom. The van der Waals surface area contributed by atoms with E-state index in [1.807, 2.05) is 4.90 Å². The van der Waals surface area contributed by atoms with E-state index in [4.69, 9.17) is 11.6 Å². The van der Waals surface area contributed by atoms with Crippen LogP contribution in [0.1, 0.15) is 56.3 Å². The first-order valence-corrected chi connectivity index (χ1v) is 11.8. The van der Waals surface area contributed by atoms with Crippen LogP contribution in [0.2, 0.25) is 5.02 Å². The van der Waals surface area contributed by atoms with Crippen LogP contribution in [0.5, 0.6) is 0 Å². The molecule has 0 radical (unpaired) electrons. The second-order valence-electron chi connectivity index (χ2n) is 7.58. The highest BCUT2D eigenvalue weighted by Gasteiger charge is 2.34. The summed E-state index contributed by atoms with van der Waals surface area (Å²) >= 11 is 6.19. The summed E-state index contributed by atoms with van der Waals surface area (Å²) in [6.07, 6.45) is 6.07. The smallest absolute Gasteiger partial charge is 0.253 e. The lowest BCUT2D eigenvalue weighted by Gasteiger charge is -2.41. The van der Waals surface area contributed by atoms with Crippen LogP contribution in [0.4, 0.5) is 0 Å². The fraction of sp³-hybridized carbons (Fsp3) is 0.650. The Morgan fingerprint density at radius 3 is 2.48 bits per heavy atom. The van der Waals surface area contributed by atoms with Crippen molar-refractivity contribution < 1.29 is 13.2 Å². The van der Waals surface area contributed by atoms with Crippen LogP contribution in [-0.2, 0) is 10.0 Å². The number of carbonyl (C=O) groups excluding carboxylic acids is 1. The number of amides is 1. The average molecular weight is 413 g/mol. The molecule has 1 amide bonds.